The summed E-state index contributed by atoms with van der Waals surface area (Å²) in [5.41, 5.74) is 8.76. The highest BCUT2D eigenvalue weighted by atomic mass is 16.3. The summed E-state index contributed by atoms with van der Waals surface area (Å²) in [4.78, 5) is 13.4. The van der Waals surface area contributed by atoms with E-state index in [0.29, 0.717) is 11.3 Å². The molecule has 3 N–H and O–H groups in total. The molecule has 4 nitrogen and oxygen atoms in total. The molecule has 0 aromatic heterocycles. The van der Waals surface area contributed by atoms with Crippen molar-refractivity contribution in [3.63, 3.8) is 0 Å². The maximum atomic E-state index is 11.8. The van der Waals surface area contributed by atoms with Crippen molar-refractivity contribution in [2.45, 2.75) is 12.5 Å². The van der Waals surface area contributed by atoms with E-state index in [2.05, 4.69) is 0 Å². The van der Waals surface area contributed by atoms with Crippen LogP contribution in [0, 0.1) is 0 Å². The molecule has 110 valence electrons. The van der Waals surface area contributed by atoms with E-state index in [9.17, 15) is 9.90 Å². The van der Waals surface area contributed by atoms with E-state index in [4.69, 9.17) is 5.73 Å². The molecule has 0 heterocycles. The second kappa shape index (κ2) is 6.41. The monoisotopic (exact) mass is 284 g/mol. The Morgan fingerprint density at radius 3 is 2.43 bits per heavy atom. The first-order valence-corrected chi connectivity index (χ1v) is 6.81. The number of carbonyl (C=O) groups is 1. The van der Waals surface area contributed by atoms with Gasteiger partial charge in [0.1, 0.15) is 6.10 Å². The first-order valence-electron chi connectivity index (χ1n) is 6.81. The topological polar surface area (TPSA) is 66.6 Å². The lowest BCUT2D eigenvalue weighted by molar-refractivity contribution is -0.127. The average Bonchev–Trinajstić information content (AvgIpc) is 2.49. The SMILES string of the molecule is CN(C)C(=O)Cc1cccc(C(O)c2ccccc2)c1N. The molecule has 1 unspecified atom stereocenters. The Morgan fingerprint density at radius 2 is 1.81 bits per heavy atom. The zero-order valence-corrected chi connectivity index (χ0v) is 12.3. The number of nitrogens with two attached hydrogens (primary N) is 1. The van der Waals surface area contributed by atoms with Crippen molar-refractivity contribution in [3.8, 4) is 0 Å². The van der Waals surface area contributed by atoms with Crippen LogP contribution in [-0.2, 0) is 11.2 Å². The number of benzene rings is 2. The van der Waals surface area contributed by atoms with Crippen LogP contribution in [0.1, 0.15) is 22.8 Å². The summed E-state index contributed by atoms with van der Waals surface area (Å²) in [6.45, 7) is 0. The Labute approximate surface area is 124 Å². The summed E-state index contributed by atoms with van der Waals surface area (Å²) in [7, 11) is 3.42. The van der Waals surface area contributed by atoms with Crippen molar-refractivity contribution < 1.29 is 9.90 Å². The molecule has 2 aromatic rings. The fourth-order valence-electron chi connectivity index (χ4n) is 2.16. The number of nitrogens with zero attached hydrogens (tertiary/aromatic N) is 1. The molecule has 0 radical (unpaired) electrons. The third-order valence-electron chi connectivity index (χ3n) is 3.48. The molecule has 0 saturated carbocycles. The van der Waals surface area contributed by atoms with Crippen LogP contribution in [0.4, 0.5) is 5.69 Å². The number of anilines is 1. The van der Waals surface area contributed by atoms with Crippen LogP contribution >= 0.6 is 0 Å². The molecule has 2 rings (SSSR count). The molecule has 0 fully saturated rings. The molecule has 0 aliphatic heterocycles. The van der Waals surface area contributed by atoms with Gasteiger partial charge in [-0.3, -0.25) is 4.79 Å². The van der Waals surface area contributed by atoms with Gasteiger partial charge in [-0.15, -0.1) is 0 Å². The third kappa shape index (κ3) is 3.41. The van der Waals surface area contributed by atoms with E-state index in [1.165, 1.54) is 4.90 Å². The van der Waals surface area contributed by atoms with Crippen LogP contribution in [0.25, 0.3) is 0 Å². The Kier molecular flexibility index (Phi) is 4.60. The van der Waals surface area contributed by atoms with Gasteiger partial charge in [0.2, 0.25) is 5.91 Å². The molecule has 0 aliphatic rings. The van der Waals surface area contributed by atoms with Crippen molar-refractivity contribution in [3.05, 3.63) is 65.2 Å². The van der Waals surface area contributed by atoms with Crippen molar-refractivity contribution in [1.29, 1.82) is 0 Å². The number of rotatable bonds is 4. The smallest absolute Gasteiger partial charge is 0.226 e. The second-order valence-electron chi connectivity index (χ2n) is 5.20. The summed E-state index contributed by atoms with van der Waals surface area (Å²) >= 11 is 0. The lowest BCUT2D eigenvalue weighted by Gasteiger charge is -2.17. The van der Waals surface area contributed by atoms with Gasteiger partial charge in [0.25, 0.3) is 0 Å². The summed E-state index contributed by atoms with van der Waals surface area (Å²) < 4.78 is 0. The number of nitrogen functional groups attached to an aromatic ring is 1. The lowest BCUT2D eigenvalue weighted by Crippen LogP contribution is -2.24. The normalized spacial score (nSPS) is 12.0. The molecule has 0 saturated heterocycles. The highest BCUT2D eigenvalue weighted by Gasteiger charge is 2.16. The minimum absolute atomic E-state index is 0.0203. The maximum Gasteiger partial charge on any atom is 0.226 e. The quantitative estimate of drug-likeness (QED) is 0.844. The zero-order valence-electron chi connectivity index (χ0n) is 12.3. The zero-order chi connectivity index (χ0) is 15.4. The molecule has 0 aliphatic carbocycles. The van der Waals surface area contributed by atoms with E-state index < -0.39 is 6.10 Å². The van der Waals surface area contributed by atoms with E-state index >= 15 is 0 Å². The fourth-order valence-corrected chi connectivity index (χ4v) is 2.16. The van der Waals surface area contributed by atoms with Gasteiger partial charge in [0, 0.05) is 25.3 Å². The van der Waals surface area contributed by atoms with Crippen LogP contribution in [0.15, 0.2) is 48.5 Å². The number of likely N-dealkylation sites (N-methyl/N-ethyl adjacent to an activating group) is 1. The van der Waals surface area contributed by atoms with Crippen LogP contribution in [0.2, 0.25) is 0 Å². The minimum Gasteiger partial charge on any atom is -0.398 e. The molecule has 1 amide bonds. The standard InChI is InChI=1S/C17H20N2O2/c1-19(2)15(20)11-13-9-6-10-14(16(13)18)17(21)12-7-4-3-5-8-12/h3-10,17,21H,11,18H2,1-2H3. The molecular weight excluding hydrogens is 264 g/mol. The van der Waals surface area contributed by atoms with E-state index in [-0.39, 0.29) is 12.3 Å². The predicted octanol–water partition coefficient (Wildman–Crippen LogP) is 1.98. The van der Waals surface area contributed by atoms with E-state index in [0.717, 1.165) is 11.1 Å². The number of aliphatic hydroxyl groups is 1. The molecule has 2 aromatic carbocycles. The Hall–Kier alpha value is -2.33. The van der Waals surface area contributed by atoms with Crippen molar-refractivity contribution in [2.24, 2.45) is 0 Å². The molecular formula is C17H20N2O2. The van der Waals surface area contributed by atoms with Gasteiger partial charge in [0.05, 0.1) is 6.42 Å². The van der Waals surface area contributed by atoms with Crippen molar-refractivity contribution in [1.82, 2.24) is 4.90 Å². The second-order valence-corrected chi connectivity index (χ2v) is 5.20. The average molecular weight is 284 g/mol. The first-order chi connectivity index (χ1) is 10.0. The van der Waals surface area contributed by atoms with Crippen LogP contribution in [0.3, 0.4) is 0 Å². The van der Waals surface area contributed by atoms with E-state index in [1.807, 2.05) is 42.5 Å². The van der Waals surface area contributed by atoms with Crippen LogP contribution in [0.5, 0.6) is 0 Å². The summed E-state index contributed by atoms with van der Waals surface area (Å²) in [5, 5.41) is 10.5. The van der Waals surface area contributed by atoms with Crippen LogP contribution < -0.4 is 5.73 Å². The van der Waals surface area contributed by atoms with Crippen molar-refractivity contribution >= 4 is 11.6 Å². The lowest BCUT2D eigenvalue weighted by atomic mass is 9.96. The van der Waals surface area contributed by atoms with Gasteiger partial charge in [0.15, 0.2) is 0 Å². The Balaban J connectivity index is 2.32. The number of amides is 1. The largest absolute Gasteiger partial charge is 0.398 e. The minimum atomic E-state index is -0.791. The highest BCUT2D eigenvalue weighted by Crippen LogP contribution is 2.29. The number of hydrogen-bond donors (Lipinski definition) is 2. The number of para-hydroxylation sites is 1. The maximum absolute atomic E-state index is 11.8. The Bertz CT molecular complexity index is 624. The Morgan fingerprint density at radius 1 is 1.14 bits per heavy atom. The van der Waals surface area contributed by atoms with Gasteiger partial charge in [-0.05, 0) is 11.1 Å². The van der Waals surface area contributed by atoms with Gasteiger partial charge in [-0.1, -0.05) is 48.5 Å². The fraction of sp³-hybridized carbons (Fsp3) is 0.235. The van der Waals surface area contributed by atoms with Crippen molar-refractivity contribution in [2.75, 3.05) is 19.8 Å². The number of carbonyl (C=O) groups excluding carboxylic acids is 1. The third-order valence-corrected chi connectivity index (χ3v) is 3.48. The van der Waals surface area contributed by atoms with Gasteiger partial charge in [-0.2, -0.15) is 0 Å². The van der Waals surface area contributed by atoms with Gasteiger partial charge >= 0.3 is 0 Å². The molecule has 1 atom stereocenters. The highest BCUT2D eigenvalue weighted by molar-refractivity contribution is 5.80. The van der Waals surface area contributed by atoms with Crippen LogP contribution in [-0.4, -0.2) is 30.0 Å². The first kappa shape index (κ1) is 15.1. The number of hydrogen-bond acceptors (Lipinski definition) is 3. The predicted molar refractivity (Wildman–Crippen MR) is 83.8 cm³/mol. The van der Waals surface area contributed by atoms with Gasteiger partial charge < -0.3 is 15.7 Å². The molecule has 4 heteroatoms. The van der Waals surface area contributed by atoms with Gasteiger partial charge in [-0.25, -0.2) is 0 Å². The number of aliphatic hydroxyl groups excluding tert-OH is 1. The molecule has 21 heavy (non-hydrogen) atoms. The summed E-state index contributed by atoms with van der Waals surface area (Å²) in [5.74, 6) is -0.0203. The summed E-state index contributed by atoms with van der Waals surface area (Å²) in [6, 6.07) is 14.8. The van der Waals surface area contributed by atoms with E-state index in [1.54, 1.807) is 20.2 Å². The summed E-state index contributed by atoms with van der Waals surface area (Å²) in [6.07, 6.45) is -0.561. The molecule has 0 bridgehead atoms. The molecule has 0 spiro atoms.